The van der Waals surface area contributed by atoms with Crippen LogP contribution in [0.15, 0.2) is 12.1 Å². The van der Waals surface area contributed by atoms with Crippen molar-refractivity contribution in [3.05, 3.63) is 29.3 Å². The van der Waals surface area contributed by atoms with E-state index in [0.29, 0.717) is 12.1 Å². The van der Waals surface area contributed by atoms with Gasteiger partial charge in [-0.05, 0) is 24.6 Å². The van der Waals surface area contributed by atoms with E-state index < -0.39 is 11.6 Å². The molecule has 0 radical (unpaired) electrons. The highest BCUT2D eigenvalue weighted by molar-refractivity contribution is 5.31. The highest BCUT2D eigenvalue weighted by Crippen LogP contribution is 2.23. The van der Waals surface area contributed by atoms with Gasteiger partial charge in [-0.3, -0.25) is 0 Å². The van der Waals surface area contributed by atoms with Gasteiger partial charge in [0.25, 0.3) is 0 Å². The lowest BCUT2D eigenvalue weighted by atomic mass is 10.2. The van der Waals surface area contributed by atoms with Crippen LogP contribution in [0, 0.1) is 11.6 Å². The van der Waals surface area contributed by atoms with E-state index in [9.17, 15) is 8.78 Å². The van der Waals surface area contributed by atoms with Crippen molar-refractivity contribution >= 4 is 0 Å². The van der Waals surface area contributed by atoms with Crippen molar-refractivity contribution in [2.45, 2.75) is 39.5 Å². The van der Waals surface area contributed by atoms with Gasteiger partial charge in [0.15, 0.2) is 17.4 Å². The molecule has 0 amide bonds. The molecule has 0 aromatic heterocycles. The Morgan fingerprint density at radius 1 is 1.16 bits per heavy atom. The SMILES string of the molecule is COC(C)COc1c(F)cc(CNC(C)C)cc1F. The van der Waals surface area contributed by atoms with Gasteiger partial charge in [0.2, 0.25) is 0 Å². The monoisotopic (exact) mass is 273 g/mol. The fraction of sp³-hybridized carbons (Fsp3) is 0.571. The van der Waals surface area contributed by atoms with E-state index in [-0.39, 0.29) is 24.5 Å². The second kappa shape index (κ2) is 7.40. The Morgan fingerprint density at radius 3 is 2.21 bits per heavy atom. The molecule has 1 unspecified atom stereocenters. The van der Waals surface area contributed by atoms with Crippen LogP contribution in [0.1, 0.15) is 26.3 Å². The number of nitrogens with one attached hydrogen (secondary N) is 1. The van der Waals surface area contributed by atoms with Crippen molar-refractivity contribution in [1.82, 2.24) is 5.32 Å². The number of hydrogen-bond acceptors (Lipinski definition) is 3. The second-order valence-corrected chi connectivity index (χ2v) is 4.78. The van der Waals surface area contributed by atoms with E-state index in [4.69, 9.17) is 9.47 Å². The van der Waals surface area contributed by atoms with E-state index >= 15 is 0 Å². The fourth-order valence-electron chi connectivity index (χ4n) is 1.44. The third-order valence-corrected chi connectivity index (χ3v) is 2.64. The Kier molecular flexibility index (Phi) is 6.18. The summed E-state index contributed by atoms with van der Waals surface area (Å²) in [5, 5.41) is 3.10. The van der Waals surface area contributed by atoms with Crippen molar-refractivity contribution in [3.8, 4) is 5.75 Å². The van der Waals surface area contributed by atoms with Crippen LogP contribution < -0.4 is 10.1 Å². The first kappa shape index (κ1) is 15.9. The molecule has 0 aliphatic rings. The van der Waals surface area contributed by atoms with Crippen LogP contribution in [0.4, 0.5) is 8.78 Å². The zero-order valence-electron chi connectivity index (χ0n) is 11.8. The molecule has 0 bridgehead atoms. The Hall–Kier alpha value is -1.20. The van der Waals surface area contributed by atoms with Crippen LogP contribution in [0.2, 0.25) is 0 Å². The maximum atomic E-state index is 13.8. The summed E-state index contributed by atoms with van der Waals surface area (Å²) in [5.74, 6) is -1.73. The molecule has 1 rings (SSSR count). The van der Waals surface area contributed by atoms with Crippen molar-refractivity contribution < 1.29 is 18.3 Å². The summed E-state index contributed by atoms with van der Waals surface area (Å²) in [6.07, 6.45) is -0.221. The molecule has 0 saturated carbocycles. The molecule has 0 aliphatic carbocycles. The van der Waals surface area contributed by atoms with Crippen LogP contribution in [0.5, 0.6) is 5.75 Å². The zero-order valence-corrected chi connectivity index (χ0v) is 11.8. The molecule has 19 heavy (non-hydrogen) atoms. The smallest absolute Gasteiger partial charge is 0.190 e. The highest BCUT2D eigenvalue weighted by atomic mass is 19.1. The summed E-state index contributed by atoms with van der Waals surface area (Å²) in [5.41, 5.74) is 0.552. The Morgan fingerprint density at radius 2 is 1.74 bits per heavy atom. The van der Waals surface area contributed by atoms with Gasteiger partial charge in [-0.2, -0.15) is 0 Å². The van der Waals surface area contributed by atoms with Crippen LogP contribution in [-0.2, 0) is 11.3 Å². The minimum absolute atomic E-state index is 0.105. The van der Waals surface area contributed by atoms with E-state index in [0.717, 1.165) is 0 Å². The molecule has 0 spiro atoms. The first-order valence-electron chi connectivity index (χ1n) is 6.31. The highest BCUT2D eigenvalue weighted by Gasteiger charge is 2.14. The third-order valence-electron chi connectivity index (χ3n) is 2.64. The summed E-state index contributed by atoms with van der Waals surface area (Å²) in [6, 6.07) is 2.82. The lowest BCUT2D eigenvalue weighted by molar-refractivity contribution is 0.0685. The van der Waals surface area contributed by atoms with Crippen molar-refractivity contribution in [1.29, 1.82) is 0 Å². The minimum atomic E-state index is -0.691. The van der Waals surface area contributed by atoms with Crippen molar-refractivity contribution in [3.63, 3.8) is 0 Å². The molecular formula is C14H21F2NO2. The van der Waals surface area contributed by atoms with Crippen molar-refractivity contribution in [2.24, 2.45) is 0 Å². The standard InChI is InChI=1S/C14H21F2NO2/c1-9(2)17-7-11-5-12(15)14(13(16)6-11)19-8-10(3)18-4/h5-6,9-10,17H,7-8H2,1-4H3. The topological polar surface area (TPSA) is 30.5 Å². The van der Waals surface area contributed by atoms with Gasteiger partial charge in [-0.15, -0.1) is 0 Å². The number of hydrogen-bond donors (Lipinski definition) is 1. The maximum Gasteiger partial charge on any atom is 0.190 e. The van der Waals surface area contributed by atoms with E-state index in [1.54, 1.807) is 6.92 Å². The predicted molar refractivity (Wildman–Crippen MR) is 70.3 cm³/mol. The summed E-state index contributed by atoms with van der Waals surface area (Å²) in [6.45, 7) is 6.22. The van der Waals surface area contributed by atoms with Gasteiger partial charge in [0, 0.05) is 19.7 Å². The van der Waals surface area contributed by atoms with Gasteiger partial charge in [-0.1, -0.05) is 13.8 Å². The molecular weight excluding hydrogens is 252 g/mol. The number of halogens is 2. The van der Waals surface area contributed by atoms with Gasteiger partial charge in [0.1, 0.15) is 6.61 Å². The average Bonchev–Trinajstić information content (AvgIpc) is 2.34. The maximum absolute atomic E-state index is 13.8. The number of ether oxygens (including phenoxy) is 2. The van der Waals surface area contributed by atoms with Gasteiger partial charge in [-0.25, -0.2) is 8.78 Å². The largest absolute Gasteiger partial charge is 0.485 e. The van der Waals surface area contributed by atoms with E-state index in [1.807, 2.05) is 13.8 Å². The quantitative estimate of drug-likeness (QED) is 0.828. The summed E-state index contributed by atoms with van der Waals surface area (Å²) >= 11 is 0. The second-order valence-electron chi connectivity index (χ2n) is 4.78. The fourth-order valence-corrected chi connectivity index (χ4v) is 1.44. The molecule has 0 fully saturated rings. The summed E-state index contributed by atoms with van der Waals surface area (Å²) < 4.78 is 37.6. The third kappa shape index (κ3) is 5.12. The van der Waals surface area contributed by atoms with Crippen LogP contribution >= 0.6 is 0 Å². The molecule has 1 N–H and O–H groups in total. The Bertz CT molecular complexity index is 387. The first-order valence-corrected chi connectivity index (χ1v) is 6.31. The molecule has 1 aromatic carbocycles. The lowest BCUT2D eigenvalue weighted by Crippen LogP contribution is -2.22. The van der Waals surface area contributed by atoms with Gasteiger partial charge in [0.05, 0.1) is 6.10 Å². The molecule has 3 nitrogen and oxygen atoms in total. The molecule has 108 valence electrons. The summed E-state index contributed by atoms with van der Waals surface area (Å²) in [7, 11) is 1.52. The normalized spacial score (nSPS) is 12.8. The minimum Gasteiger partial charge on any atom is -0.485 e. The summed E-state index contributed by atoms with van der Waals surface area (Å²) in [4.78, 5) is 0. The average molecular weight is 273 g/mol. The predicted octanol–water partition coefficient (Wildman–Crippen LogP) is 2.88. The molecule has 0 saturated heterocycles. The Balaban J connectivity index is 2.73. The molecule has 0 heterocycles. The van der Waals surface area contributed by atoms with Crippen LogP contribution in [-0.4, -0.2) is 25.9 Å². The van der Waals surface area contributed by atoms with Gasteiger partial charge < -0.3 is 14.8 Å². The molecule has 5 heteroatoms. The van der Waals surface area contributed by atoms with Gasteiger partial charge >= 0.3 is 0 Å². The lowest BCUT2D eigenvalue weighted by Gasteiger charge is -2.14. The number of rotatable bonds is 7. The first-order chi connectivity index (χ1) is 8.93. The van der Waals surface area contributed by atoms with Crippen LogP contribution in [0.25, 0.3) is 0 Å². The van der Waals surface area contributed by atoms with E-state index in [1.165, 1.54) is 19.2 Å². The van der Waals surface area contributed by atoms with E-state index in [2.05, 4.69) is 5.32 Å². The molecule has 1 atom stereocenters. The number of benzene rings is 1. The van der Waals surface area contributed by atoms with Crippen molar-refractivity contribution in [2.75, 3.05) is 13.7 Å². The number of methoxy groups -OCH3 is 1. The van der Waals surface area contributed by atoms with Crippen LogP contribution in [0.3, 0.4) is 0 Å². The molecule has 1 aromatic rings. The Labute approximate surface area is 112 Å². The molecule has 0 aliphatic heterocycles. The zero-order chi connectivity index (χ0) is 14.4.